The summed E-state index contributed by atoms with van der Waals surface area (Å²) in [5.41, 5.74) is 3.24. The van der Waals surface area contributed by atoms with Crippen molar-refractivity contribution in [3.8, 4) is 11.3 Å². The summed E-state index contributed by atoms with van der Waals surface area (Å²) in [6, 6.07) is 10.3. The summed E-state index contributed by atoms with van der Waals surface area (Å²) >= 11 is 0. The van der Waals surface area contributed by atoms with Gasteiger partial charge in [0.15, 0.2) is 0 Å². The van der Waals surface area contributed by atoms with Gasteiger partial charge in [-0.25, -0.2) is 19.8 Å². The molecular weight excluding hydrogens is 350 g/mol. The molecule has 1 saturated heterocycles. The van der Waals surface area contributed by atoms with E-state index in [-0.39, 0.29) is 0 Å². The van der Waals surface area contributed by atoms with E-state index in [1.165, 1.54) is 5.56 Å². The number of hydrogen-bond acceptors (Lipinski definition) is 5. The SMILES string of the molecule is Cc1ccc(-c2cc(N3CCC(CCNS(N)(=O)=O)CC3)ncn2)cc1. The Morgan fingerprint density at radius 1 is 1.19 bits per heavy atom. The molecule has 1 aliphatic rings. The molecule has 0 spiro atoms. The van der Waals surface area contributed by atoms with Crippen LogP contribution in [0.15, 0.2) is 36.7 Å². The third-order valence-electron chi connectivity index (χ3n) is 4.79. The Bertz CT molecular complexity index is 831. The van der Waals surface area contributed by atoms with Gasteiger partial charge in [0.2, 0.25) is 0 Å². The predicted octanol–water partition coefficient (Wildman–Crippen LogP) is 1.85. The van der Waals surface area contributed by atoms with Crippen molar-refractivity contribution >= 4 is 16.0 Å². The molecule has 1 fully saturated rings. The number of nitrogens with zero attached hydrogens (tertiary/aromatic N) is 3. The summed E-state index contributed by atoms with van der Waals surface area (Å²) in [6.07, 6.45) is 4.45. The van der Waals surface area contributed by atoms with E-state index >= 15 is 0 Å². The summed E-state index contributed by atoms with van der Waals surface area (Å²) in [4.78, 5) is 11.1. The summed E-state index contributed by atoms with van der Waals surface area (Å²) in [5.74, 6) is 1.44. The standard InChI is InChI=1S/C18H25N5O2S/c1-14-2-4-16(5-3-14)17-12-18(21-13-20-17)23-10-7-15(8-11-23)6-9-22-26(19,24)25/h2-5,12-13,15,22H,6-11H2,1H3,(H2,19,24,25). The van der Waals surface area contributed by atoms with Crippen molar-refractivity contribution in [1.29, 1.82) is 0 Å². The Hall–Kier alpha value is -2.03. The molecule has 7 nitrogen and oxygen atoms in total. The van der Waals surface area contributed by atoms with Crippen LogP contribution in [0.4, 0.5) is 5.82 Å². The van der Waals surface area contributed by atoms with Crippen LogP contribution in [0.3, 0.4) is 0 Å². The summed E-state index contributed by atoms with van der Waals surface area (Å²) in [7, 11) is -3.59. The van der Waals surface area contributed by atoms with Crippen molar-refractivity contribution in [1.82, 2.24) is 14.7 Å². The molecule has 0 aliphatic carbocycles. The highest BCUT2D eigenvalue weighted by molar-refractivity contribution is 7.87. The van der Waals surface area contributed by atoms with E-state index < -0.39 is 10.2 Å². The topological polar surface area (TPSA) is 101 Å². The Morgan fingerprint density at radius 3 is 2.54 bits per heavy atom. The first-order valence-electron chi connectivity index (χ1n) is 8.82. The molecule has 0 amide bonds. The van der Waals surface area contributed by atoms with Gasteiger partial charge in [-0.3, -0.25) is 0 Å². The molecule has 1 aliphatic heterocycles. The molecular formula is C18H25N5O2S. The van der Waals surface area contributed by atoms with Crippen LogP contribution in [-0.2, 0) is 10.2 Å². The average molecular weight is 375 g/mol. The smallest absolute Gasteiger partial charge is 0.274 e. The monoisotopic (exact) mass is 375 g/mol. The highest BCUT2D eigenvalue weighted by Gasteiger charge is 2.20. The highest BCUT2D eigenvalue weighted by atomic mass is 32.2. The zero-order valence-corrected chi connectivity index (χ0v) is 15.7. The van der Waals surface area contributed by atoms with Crippen molar-refractivity contribution in [3.05, 3.63) is 42.2 Å². The van der Waals surface area contributed by atoms with Crippen LogP contribution in [0, 0.1) is 12.8 Å². The summed E-state index contributed by atoms with van der Waals surface area (Å²) in [5, 5.41) is 4.96. The molecule has 2 aromatic rings. The molecule has 0 unspecified atom stereocenters. The van der Waals surface area contributed by atoms with Gasteiger partial charge in [-0.15, -0.1) is 0 Å². The number of benzene rings is 1. The maximum Gasteiger partial charge on any atom is 0.274 e. The fourth-order valence-electron chi connectivity index (χ4n) is 3.26. The molecule has 8 heteroatoms. The lowest BCUT2D eigenvalue weighted by molar-refractivity contribution is 0.380. The van der Waals surface area contributed by atoms with Crippen LogP contribution in [0.1, 0.15) is 24.8 Å². The number of nitrogens with one attached hydrogen (secondary N) is 1. The summed E-state index contributed by atoms with van der Waals surface area (Å²) < 4.78 is 24.2. The molecule has 3 rings (SSSR count). The number of anilines is 1. The van der Waals surface area contributed by atoms with Crippen LogP contribution >= 0.6 is 0 Å². The largest absolute Gasteiger partial charge is 0.356 e. The van der Waals surface area contributed by atoms with Gasteiger partial charge >= 0.3 is 0 Å². The molecule has 0 radical (unpaired) electrons. The minimum atomic E-state index is -3.59. The Labute approximate surface area is 154 Å². The highest BCUT2D eigenvalue weighted by Crippen LogP contribution is 2.26. The Balaban J connectivity index is 1.58. The average Bonchev–Trinajstić information content (AvgIpc) is 2.62. The number of aromatic nitrogens is 2. The maximum absolute atomic E-state index is 10.9. The fraction of sp³-hybridized carbons (Fsp3) is 0.444. The van der Waals surface area contributed by atoms with Crippen LogP contribution in [0.5, 0.6) is 0 Å². The van der Waals surface area contributed by atoms with E-state index in [0.29, 0.717) is 12.5 Å². The molecule has 0 saturated carbocycles. The zero-order valence-electron chi connectivity index (χ0n) is 14.9. The van der Waals surface area contributed by atoms with E-state index in [1.807, 2.05) is 6.07 Å². The van der Waals surface area contributed by atoms with Crippen LogP contribution in [0.2, 0.25) is 0 Å². The number of rotatable bonds is 6. The van der Waals surface area contributed by atoms with Crippen LogP contribution in [0.25, 0.3) is 11.3 Å². The van der Waals surface area contributed by atoms with E-state index in [0.717, 1.165) is 49.4 Å². The van der Waals surface area contributed by atoms with Crippen LogP contribution < -0.4 is 14.8 Å². The first-order chi connectivity index (χ1) is 12.4. The third-order valence-corrected chi connectivity index (χ3v) is 5.40. The second-order valence-electron chi connectivity index (χ2n) is 6.79. The van der Waals surface area contributed by atoms with Crippen molar-refractivity contribution in [3.63, 3.8) is 0 Å². The minimum Gasteiger partial charge on any atom is -0.356 e. The number of hydrogen-bond donors (Lipinski definition) is 2. The van der Waals surface area contributed by atoms with Crippen molar-refractivity contribution in [2.75, 3.05) is 24.5 Å². The minimum absolute atomic E-state index is 0.397. The van der Waals surface area contributed by atoms with Gasteiger partial charge in [0.25, 0.3) is 10.2 Å². The lowest BCUT2D eigenvalue weighted by Crippen LogP contribution is -2.36. The van der Waals surface area contributed by atoms with E-state index in [4.69, 9.17) is 5.14 Å². The predicted molar refractivity (Wildman–Crippen MR) is 103 cm³/mol. The lowest BCUT2D eigenvalue weighted by atomic mass is 9.93. The molecule has 0 atom stereocenters. The van der Waals surface area contributed by atoms with Gasteiger partial charge in [-0.1, -0.05) is 29.8 Å². The van der Waals surface area contributed by atoms with Crippen molar-refractivity contribution < 1.29 is 8.42 Å². The van der Waals surface area contributed by atoms with Gasteiger partial charge in [-0.05, 0) is 32.1 Å². The molecule has 2 heterocycles. The summed E-state index contributed by atoms with van der Waals surface area (Å²) in [6.45, 7) is 4.28. The molecule has 3 N–H and O–H groups in total. The number of nitrogens with two attached hydrogens (primary N) is 1. The lowest BCUT2D eigenvalue weighted by Gasteiger charge is -2.32. The van der Waals surface area contributed by atoms with E-state index in [2.05, 4.69) is 50.8 Å². The number of piperidine rings is 1. The molecule has 1 aromatic heterocycles. The fourth-order valence-corrected chi connectivity index (χ4v) is 3.66. The first kappa shape index (κ1) is 18.8. The third kappa shape index (κ3) is 5.23. The van der Waals surface area contributed by atoms with Gasteiger partial charge in [0.1, 0.15) is 12.1 Å². The zero-order chi connectivity index (χ0) is 18.6. The van der Waals surface area contributed by atoms with Gasteiger partial charge < -0.3 is 4.90 Å². The molecule has 1 aromatic carbocycles. The second-order valence-corrected chi connectivity index (χ2v) is 8.16. The first-order valence-corrected chi connectivity index (χ1v) is 10.4. The normalized spacial score (nSPS) is 16.0. The molecule has 0 bridgehead atoms. The van der Waals surface area contributed by atoms with E-state index in [9.17, 15) is 8.42 Å². The Kier molecular flexibility index (Phi) is 5.85. The van der Waals surface area contributed by atoms with Crippen LogP contribution in [-0.4, -0.2) is 38.0 Å². The molecule has 140 valence electrons. The Morgan fingerprint density at radius 2 is 1.88 bits per heavy atom. The van der Waals surface area contributed by atoms with Gasteiger partial charge in [0.05, 0.1) is 5.69 Å². The molecule has 26 heavy (non-hydrogen) atoms. The van der Waals surface area contributed by atoms with Crippen molar-refractivity contribution in [2.24, 2.45) is 11.1 Å². The van der Waals surface area contributed by atoms with E-state index in [1.54, 1.807) is 6.33 Å². The second kappa shape index (κ2) is 8.11. The maximum atomic E-state index is 10.9. The van der Waals surface area contributed by atoms with Gasteiger partial charge in [0, 0.05) is 31.3 Å². The van der Waals surface area contributed by atoms with Gasteiger partial charge in [-0.2, -0.15) is 8.42 Å². The van der Waals surface area contributed by atoms with Crippen molar-refractivity contribution in [2.45, 2.75) is 26.2 Å². The quantitative estimate of drug-likeness (QED) is 0.802. The number of aryl methyl sites for hydroxylation is 1.